The molecule has 3 heterocycles. The number of fused-ring (bicyclic) bond motifs is 1. The molecule has 11 heteroatoms. The highest BCUT2D eigenvalue weighted by atomic mass is 19.4. The summed E-state index contributed by atoms with van der Waals surface area (Å²) in [5.74, 6) is -4.21. The summed E-state index contributed by atoms with van der Waals surface area (Å²) in [6, 6.07) is 1.16. The van der Waals surface area contributed by atoms with Crippen molar-refractivity contribution >= 4 is 11.6 Å². The summed E-state index contributed by atoms with van der Waals surface area (Å²) in [6.07, 6.45) is -1.41. The molecule has 31 heavy (non-hydrogen) atoms. The Bertz CT molecular complexity index is 980. The number of amides is 1. The van der Waals surface area contributed by atoms with Gasteiger partial charge in [0.2, 0.25) is 11.8 Å². The van der Waals surface area contributed by atoms with Crippen LogP contribution in [0.3, 0.4) is 0 Å². The van der Waals surface area contributed by atoms with E-state index in [9.17, 15) is 26.7 Å². The number of nitrogens with zero attached hydrogens (tertiary/aromatic N) is 3. The molecule has 3 N–H and O–H groups in total. The Kier molecular flexibility index (Phi) is 5.22. The molecule has 2 aromatic rings. The average Bonchev–Trinajstić information content (AvgIpc) is 3.22. The van der Waals surface area contributed by atoms with Crippen LogP contribution in [-0.2, 0) is 11.2 Å². The van der Waals surface area contributed by atoms with Crippen LogP contribution in [0.4, 0.5) is 22.0 Å². The van der Waals surface area contributed by atoms with Crippen molar-refractivity contribution in [1.82, 2.24) is 19.9 Å². The molecule has 170 valence electrons. The minimum Gasteiger partial charge on any atom is -0.342 e. The molecule has 4 rings (SSSR count). The average molecular weight is 445 g/mol. The first-order valence-electron chi connectivity index (χ1n) is 10.2. The van der Waals surface area contributed by atoms with E-state index >= 15 is 0 Å². The molecule has 0 spiro atoms. The van der Waals surface area contributed by atoms with Crippen molar-refractivity contribution in [3.8, 4) is 0 Å². The lowest BCUT2D eigenvalue weighted by Crippen LogP contribution is -2.51. The number of hydrogen-bond donors (Lipinski definition) is 2. The molecular formula is C20H24F5N5O. The van der Waals surface area contributed by atoms with Gasteiger partial charge in [0.1, 0.15) is 5.54 Å². The van der Waals surface area contributed by atoms with E-state index in [2.05, 4.69) is 15.4 Å². The van der Waals surface area contributed by atoms with Gasteiger partial charge in [-0.05, 0) is 50.2 Å². The van der Waals surface area contributed by atoms with Crippen LogP contribution in [0, 0.1) is 11.8 Å². The molecule has 2 aliphatic rings. The predicted octanol–water partition coefficient (Wildman–Crippen LogP) is 3.55. The van der Waals surface area contributed by atoms with Crippen molar-refractivity contribution in [2.75, 3.05) is 0 Å². The van der Waals surface area contributed by atoms with Crippen molar-refractivity contribution in [2.24, 2.45) is 17.6 Å². The van der Waals surface area contributed by atoms with Crippen LogP contribution in [0.2, 0.25) is 0 Å². The van der Waals surface area contributed by atoms with Gasteiger partial charge in [0, 0.05) is 18.8 Å². The lowest BCUT2D eigenvalue weighted by Gasteiger charge is -2.31. The summed E-state index contributed by atoms with van der Waals surface area (Å²) in [4.78, 5) is 16.6. The fraction of sp³-hybridized carbons (Fsp3) is 0.650. The predicted molar refractivity (Wildman–Crippen MR) is 101 cm³/mol. The van der Waals surface area contributed by atoms with Gasteiger partial charge in [-0.25, -0.2) is 18.3 Å². The lowest BCUT2D eigenvalue weighted by molar-refractivity contribution is -0.188. The Balaban J connectivity index is 1.48. The standard InChI is InChI=1S/C20H24F5N5O/c1-18(20(23,24)25)8-13(17(31)29-18)6-11-7-15-28-14(10-30(15)27-9-11)16(26)12-2-4-19(21,22)5-3-12/h7,9-10,12-13,16H,2-6,8,26H2,1H3,(H,29,31)/t13?,16-,18-/m0/s1. The van der Waals surface area contributed by atoms with Crippen molar-refractivity contribution in [3.63, 3.8) is 0 Å². The van der Waals surface area contributed by atoms with Gasteiger partial charge in [0.15, 0.2) is 5.65 Å². The van der Waals surface area contributed by atoms with Crippen molar-refractivity contribution < 1.29 is 26.7 Å². The van der Waals surface area contributed by atoms with E-state index in [1.165, 1.54) is 10.7 Å². The van der Waals surface area contributed by atoms with Crippen LogP contribution < -0.4 is 11.1 Å². The van der Waals surface area contributed by atoms with E-state index in [0.29, 0.717) is 29.7 Å². The maximum Gasteiger partial charge on any atom is 0.411 e. The van der Waals surface area contributed by atoms with Gasteiger partial charge in [0.25, 0.3) is 0 Å². The number of aromatic nitrogens is 3. The van der Waals surface area contributed by atoms with Gasteiger partial charge < -0.3 is 11.1 Å². The van der Waals surface area contributed by atoms with Crippen molar-refractivity contribution in [2.45, 2.75) is 69.1 Å². The van der Waals surface area contributed by atoms with E-state index in [1.807, 2.05) is 0 Å². The largest absolute Gasteiger partial charge is 0.411 e. The Labute approximate surface area is 175 Å². The quantitative estimate of drug-likeness (QED) is 0.705. The van der Waals surface area contributed by atoms with Crippen molar-refractivity contribution in [1.29, 1.82) is 0 Å². The molecule has 0 aromatic carbocycles. The Morgan fingerprint density at radius 1 is 1.32 bits per heavy atom. The maximum absolute atomic E-state index is 13.4. The number of carbonyl (C=O) groups excluding carboxylic acids is 1. The molecule has 0 bridgehead atoms. The van der Waals surface area contributed by atoms with Crippen LogP contribution >= 0.6 is 0 Å². The van der Waals surface area contributed by atoms with Gasteiger partial charge >= 0.3 is 6.18 Å². The highest BCUT2D eigenvalue weighted by Gasteiger charge is 2.57. The second-order valence-corrected chi connectivity index (χ2v) is 8.98. The highest BCUT2D eigenvalue weighted by molar-refractivity contribution is 5.82. The summed E-state index contributed by atoms with van der Waals surface area (Å²) < 4.78 is 68.0. The summed E-state index contributed by atoms with van der Waals surface area (Å²) >= 11 is 0. The molecule has 1 saturated heterocycles. The molecule has 1 amide bonds. The van der Waals surface area contributed by atoms with Gasteiger partial charge in [-0.2, -0.15) is 18.3 Å². The number of nitrogens with two attached hydrogens (primary N) is 1. The number of imidazole rings is 1. The van der Waals surface area contributed by atoms with Crippen LogP contribution in [0.5, 0.6) is 0 Å². The third kappa shape index (κ3) is 4.24. The normalized spacial score (nSPS) is 28.1. The molecular weight excluding hydrogens is 421 g/mol. The van der Waals surface area contributed by atoms with Crippen LogP contribution in [0.15, 0.2) is 18.5 Å². The van der Waals surface area contributed by atoms with Crippen molar-refractivity contribution in [3.05, 3.63) is 29.7 Å². The second kappa shape index (κ2) is 7.39. The number of carbonyl (C=O) groups is 1. The number of alkyl halides is 5. The SMILES string of the molecule is C[C@@]1(C(F)(F)F)CC(Cc2cnn3cc([C@@H](N)C4CCC(F)(F)CC4)nc3c2)C(=O)N1. The third-order valence-electron chi connectivity index (χ3n) is 6.54. The van der Waals surface area contributed by atoms with E-state index in [-0.39, 0.29) is 31.6 Å². The lowest BCUT2D eigenvalue weighted by atomic mass is 9.81. The van der Waals surface area contributed by atoms with Crippen LogP contribution in [-0.4, -0.2) is 38.1 Å². The molecule has 2 aromatic heterocycles. The van der Waals surface area contributed by atoms with Gasteiger partial charge in [-0.3, -0.25) is 4.79 Å². The Hall–Kier alpha value is -2.30. The molecule has 1 unspecified atom stereocenters. The monoisotopic (exact) mass is 445 g/mol. The molecule has 1 saturated carbocycles. The Morgan fingerprint density at radius 3 is 2.61 bits per heavy atom. The summed E-state index contributed by atoms with van der Waals surface area (Å²) in [7, 11) is 0. The van der Waals surface area contributed by atoms with Gasteiger partial charge in [-0.1, -0.05) is 0 Å². The zero-order chi connectivity index (χ0) is 22.6. The fourth-order valence-corrected chi connectivity index (χ4v) is 4.52. The van der Waals surface area contributed by atoms with E-state index < -0.39 is 35.5 Å². The zero-order valence-corrected chi connectivity index (χ0v) is 16.9. The summed E-state index contributed by atoms with van der Waals surface area (Å²) in [5.41, 5.74) is 5.59. The van der Waals surface area contributed by atoms with Gasteiger partial charge in [-0.15, -0.1) is 0 Å². The minimum atomic E-state index is -4.53. The molecule has 1 aliphatic carbocycles. The summed E-state index contributed by atoms with van der Waals surface area (Å²) in [5, 5.41) is 6.29. The smallest absolute Gasteiger partial charge is 0.342 e. The molecule has 3 atom stereocenters. The maximum atomic E-state index is 13.4. The van der Waals surface area contributed by atoms with Gasteiger partial charge in [0.05, 0.1) is 24.1 Å². The number of rotatable bonds is 4. The summed E-state index contributed by atoms with van der Waals surface area (Å²) in [6.45, 7) is 0.982. The molecule has 6 nitrogen and oxygen atoms in total. The number of nitrogens with one attached hydrogen (secondary N) is 1. The molecule has 1 aliphatic heterocycles. The number of halogens is 5. The molecule has 0 radical (unpaired) electrons. The number of hydrogen-bond acceptors (Lipinski definition) is 4. The van der Waals surface area contributed by atoms with Crippen LogP contribution in [0.25, 0.3) is 5.65 Å². The Morgan fingerprint density at radius 2 is 2.00 bits per heavy atom. The highest BCUT2D eigenvalue weighted by Crippen LogP contribution is 2.41. The minimum absolute atomic E-state index is 0.104. The van der Waals surface area contributed by atoms with Crippen LogP contribution in [0.1, 0.15) is 56.3 Å². The van der Waals surface area contributed by atoms with E-state index in [0.717, 1.165) is 6.92 Å². The zero-order valence-electron chi connectivity index (χ0n) is 16.9. The van der Waals surface area contributed by atoms with E-state index in [4.69, 9.17) is 5.73 Å². The molecule has 2 fully saturated rings. The topological polar surface area (TPSA) is 85.3 Å². The first kappa shape index (κ1) is 21.9. The fourth-order valence-electron chi connectivity index (χ4n) is 4.52. The van der Waals surface area contributed by atoms with E-state index in [1.54, 1.807) is 12.3 Å². The second-order valence-electron chi connectivity index (χ2n) is 8.98. The first-order valence-corrected chi connectivity index (χ1v) is 10.2. The first-order chi connectivity index (χ1) is 14.4. The third-order valence-corrected chi connectivity index (χ3v) is 6.54.